The summed E-state index contributed by atoms with van der Waals surface area (Å²) in [6.07, 6.45) is 3.07. The van der Waals surface area contributed by atoms with Crippen LogP contribution in [0.2, 0.25) is 0 Å². The quantitative estimate of drug-likeness (QED) is 0.904. The average molecular weight is 302 g/mol. The van der Waals surface area contributed by atoms with Crippen LogP contribution in [-0.2, 0) is 0 Å². The van der Waals surface area contributed by atoms with Crippen molar-refractivity contribution >= 4 is 33.6 Å². The van der Waals surface area contributed by atoms with Crippen LogP contribution in [0.5, 0.6) is 0 Å². The van der Waals surface area contributed by atoms with E-state index in [1.807, 2.05) is 31.2 Å². The van der Waals surface area contributed by atoms with Gasteiger partial charge in [0.2, 0.25) is 0 Å². The van der Waals surface area contributed by atoms with Crippen LogP contribution < -0.4 is 5.32 Å². The highest BCUT2D eigenvalue weighted by Gasteiger charge is 2.09. The predicted molar refractivity (Wildman–Crippen MR) is 74.1 cm³/mol. The van der Waals surface area contributed by atoms with Gasteiger partial charge in [-0.3, -0.25) is 4.79 Å². The van der Waals surface area contributed by atoms with Gasteiger partial charge in [-0.25, -0.2) is 0 Å². The van der Waals surface area contributed by atoms with Crippen molar-refractivity contribution in [2.75, 3.05) is 12.0 Å². The Morgan fingerprint density at radius 3 is 2.94 bits per heavy atom. The number of carbonyl (C=O) groups is 1. The Morgan fingerprint density at radius 2 is 2.31 bits per heavy atom. The first-order valence-electron chi connectivity index (χ1n) is 5.19. The third-order valence-electron chi connectivity index (χ3n) is 2.22. The summed E-state index contributed by atoms with van der Waals surface area (Å²) in [5.74, 6) is 1.06. The maximum atomic E-state index is 11.8. The fraction of sp³-hybridized carbons (Fsp3) is 0.417. The van der Waals surface area contributed by atoms with E-state index in [0.29, 0.717) is 5.56 Å². The number of amides is 1. The van der Waals surface area contributed by atoms with Gasteiger partial charge in [-0.1, -0.05) is 22.0 Å². The largest absolute Gasteiger partial charge is 0.350 e. The number of rotatable bonds is 5. The normalized spacial score (nSPS) is 12.2. The van der Waals surface area contributed by atoms with E-state index in [4.69, 9.17) is 0 Å². The van der Waals surface area contributed by atoms with Gasteiger partial charge in [0, 0.05) is 16.1 Å². The smallest absolute Gasteiger partial charge is 0.251 e. The molecule has 2 nitrogen and oxygen atoms in total. The van der Waals surface area contributed by atoms with Gasteiger partial charge in [-0.2, -0.15) is 11.8 Å². The lowest BCUT2D eigenvalue weighted by molar-refractivity contribution is 0.0939. The summed E-state index contributed by atoms with van der Waals surface area (Å²) in [6, 6.07) is 7.65. The molecule has 1 amide bonds. The maximum absolute atomic E-state index is 11.8. The molecule has 1 rings (SSSR count). The highest BCUT2D eigenvalue weighted by Crippen LogP contribution is 2.11. The molecule has 0 bridgehead atoms. The topological polar surface area (TPSA) is 29.1 Å². The Morgan fingerprint density at radius 1 is 1.56 bits per heavy atom. The molecule has 0 saturated carbocycles. The van der Waals surface area contributed by atoms with E-state index in [1.165, 1.54) is 0 Å². The van der Waals surface area contributed by atoms with Crippen molar-refractivity contribution in [1.29, 1.82) is 0 Å². The first kappa shape index (κ1) is 13.6. The van der Waals surface area contributed by atoms with Crippen LogP contribution in [0.15, 0.2) is 28.7 Å². The minimum absolute atomic E-state index is 0.00472. The van der Waals surface area contributed by atoms with Crippen molar-refractivity contribution in [3.63, 3.8) is 0 Å². The highest BCUT2D eigenvalue weighted by molar-refractivity contribution is 9.10. The number of benzene rings is 1. The van der Waals surface area contributed by atoms with Crippen molar-refractivity contribution in [2.45, 2.75) is 19.4 Å². The van der Waals surface area contributed by atoms with Crippen LogP contribution in [0.3, 0.4) is 0 Å². The van der Waals surface area contributed by atoms with Gasteiger partial charge in [0.15, 0.2) is 0 Å². The molecule has 0 spiro atoms. The zero-order valence-corrected chi connectivity index (χ0v) is 11.9. The van der Waals surface area contributed by atoms with E-state index in [0.717, 1.165) is 16.6 Å². The van der Waals surface area contributed by atoms with Crippen LogP contribution in [0.1, 0.15) is 23.7 Å². The third-order valence-corrected chi connectivity index (χ3v) is 3.36. The van der Waals surface area contributed by atoms with Gasteiger partial charge in [-0.15, -0.1) is 0 Å². The molecule has 0 aliphatic rings. The molecule has 1 aromatic rings. The molecule has 16 heavy (non-hydrogen) atoms. The summed E-state index contributed by atoms with van der Waals surface area (Å²) >= 11 is 5.15. The van der Waals surface area contributed by atoms with Crippen LogP contribution in [0.25, 0.3) is 0 Å². The van der Waals surface area contributed by atoms with Gasteiger partial charge in [0.1, 0.15) is 0 Å². The average Bonchev–Trinajstić information content (AvgIpc) is 2.26. The van der Waals surface area contributed by atoms with E-state index in [9.17, 15) is 4.79 Å². The zero-order chi connectivity index (χ0) is 12.0. The second-order valence-corrected chi connectivity index (χ2v) is 5.57. The summed E-state index contributed by atoms with van der Waals surface area (Å²) in [4.78, 5) is 11.8. The van der Waals surface area contributed by atoms with E-state index in [-0.39, 0.29) is 11.9 Å². The number of nitrogens with one attached hydrogen (secondary N) is 1. The van der Waals surface area contributed by atoms with Crippen LogP contribution >= 0.6 is 27.7 Å². The fourth-order valence-corrected chi connectivity index (χ4v) is 2.29. The molecule has 1 aromatic carbocycles. The predicted octanol–water partition coefficient (Wildman–Crippen LogP) is 3.32. The van der Waals surface area contributed by atoms with E-state index >= 15 is 0 Å². The molecule has 0 fully saturated rings. The van der Waals surface area contributed by atoms with Crippen molar-refractivity contribution < 1.29 is 4.79 Å². The standard InChI is InChI=1S/C12H16BrNOS/c1-9(6-7-16-2)14-12(15)10-4-3-5-11(13)8-10/h3-5,8-9H,6-7H2,1-2H3,(H,14,15). The second kappa shape index (κ2) is 6.97. The third kappa shape index (κ3) is 4.58. The first-order valence-corrected chi connectivity index (χ1v) is 7.37. The number of carbonyl (C=O) groups excluding carboxylic acids is 1. The Bertz CT molecular complexity index is 357. The van der Waals surface area contributed by atoms with Crippen LogP contribution in [0.4, 0.5) is 0 Å². The summed E-state index contributed by atoms with van der Waals surface area (Å²) < 4.78 is 0.928. The van der Waals surface area contributed by atoms with Gasteiger partial charge in [0.05, 0.1) is 0 Å². The van der Waals surface area contributed by atoms with Crippen molar-refractivity contribution in [1.82, 2.24) is 5.32 Å². The lowest BCUT2D eigenvalue weighted by atomic mass is 10.2. The summed E-state index contributed by atoms with van der Waals surface area (Å²) in [5, 5.41) is 2.99. The molecule has 0 aliphatic heterocycles. The molecular weight excluding hydrogens is 286 g/mol. The molecule has 0 saturated heterocycles. The van der Waals surface area contributed by atoms with Crippen molar-refractivity contribution in [3.05, 3.63) is 34.3 Å². The Balaban J connectivity index is 2.52. The molecule has 0 aromatic heterocycles. The minimum Gasteiger partial charge on any atom is -0.350 e. The van der Waals surface area contributed by atoms with Crippen LogP contribution in [-0.4, -0.2) is 24.0 Å². The monoisotopic (exact) mass is 301 g/mol. The van der Waals surface area contributed by atoms with Gasteiger partial charge in [0.25, 0.3) is 5.91 Å². The molecule has 4 heteroatoms. The summed E-state index contributed by atoms with van der Waals surface area (Å²) in [7, 11) is 0. The Hall–Kier alpha value is -0.480. The molecular formula is C12H16BrNOS. The van der Waals surface area contributed by atoms with Crippen molar-refractivity contribution in [2.24, 2.45) is 0 Å². The molecule has 0 heterocycles. The highest BCUT2D eigenvalue weighted by atomic mass is 79.9. The number of hydrogen-bond donors (Lipinski definition) is 1. The molecule has 88 valence electrons. The van der Waals surface area contributed by atoms with Gasteiger partial charge in [-0.05, 0) is 43.6 Å². The molecule has 1 N–H and O–H groups in total. The van der Waals surface area contributed by atoms with Gasteiger partial charge < -0.3 is 5.32 Å². The van der Waals surface area contributed by atoms with E-state index in [2.05, 4.69) is 27.5 Å². The first-order chi connectivity index (χ1) is 7.63. The Labute approximate surface area is 109 Å². The fourth-order valence-electron chi connectivity index (χ4n) is 1.30. The second-order valence-electron chi connectivity index (χ2n) is 3.67. The molecule has 0 radical (unpaired) electrons. The lowest BCUT2D eigenvalue weighted by Crippen LogP contribution is -2.32. The molecule has 1 atom stereocenters. The van der Waals surface area contributed by atoms with Gasteiger partial charge >= 0.3 is 0 Å². The Kier molecular flexibility index (Phi) is 5.91. The van der Waals surface area contributed by atoms with E-state index < -0.39 is 0 Å². The summed E-state index contributed by atoms with van der Waals surface area (Å²) in [6.45, 7) is 2.03. The lowest BCUT2D eigenvalue weighted by Gasteiger charge is -2.13. The SMILES string of the molecule is CSCCC(C)NC(=O)c1cccc(Br)c1. The van der Waals surface area contributed by atoms with Crippen LogP contribution in [0, 0.1) is 0 Å². The van der Waals surface area contributed by atoms with Crippen molar-refractivity contribution in [3.8, 4) is 0 Å². The maximum Gasteiger partial charge on any atom is 0.251 e. The van der Waals surface area contributed by atoms with E-state index in [1.54, 1.807) is 11.8 Å². The summed E-state index contributed by atoms with van der Waals surface area (Å²) in [5.41, 5.74) is 0.699. The molecule has 1 unspecified atom stereocenters. The number of hydrogen-bond acceptors (Lipinski definition) is 2. The number of halogens is 1. The molecule has 0 aliphatic carbocycles. The minimum atomic E-state index is -0.00472. The number of thioether (sulfide) groups is 1. The zero-order valence-electron chi connectivity index (χ0n) is 9.50.